The summed E-state index contributed by atoms with van der Waals surface area (Å²) in [6, 6.07) is 10.4. The summed E-state index contributed by atoms with van der Waals surface area (Å²) in [5.74, 6) is 0.627. The van der Waals surface area contributed by atoms with Crippen molar-refractivity contribution in [2.24, 2.45) is 18.9 Å². The smallest absolute Gasteiger partial charge is 0.203 e. The summed E-state index contributed by atoms with van der Waals surface area (Å²) in [5.41, 5.74) is 5.12. The van der Waals surface area contributed by atoms with Crippen LogP contribution in [0.15, 0.2) is 41.8 Å². The molecule has 2 aliphatic rings. The van der Waals surface area contributed by atoms with E-state index in [1.54, 1.807) is 0 Å². The first kappa shape index (κ1) is 16.0. The molecule has 0 saturated carbocycles. The first-order valence-electron chi connectivity index (χ1n) is 8.88. The van der Waals surface area contributed by atoms with Crippen molar-refractivity contribution in [2.45, 2.75) is 38.5 Å². The van der Waals surface area contributed by atoms with Crippen molar-refractivity contribution < 1.29 is 5.11 Å². The number of aliphatic hydroxyl groups is 1. The highest BCUT2D eigenvalue weighted by Crippen LogP contribution is 2.54. The number of aliphatic hydroxyl groups excluding tert-OH is 1. The van der Waals surface area contributed by atoms with Crippen LogP contribution >= 0.6 is 0 Å². The van der Waals surface area contributed by atoms with Crippen molar-refractivity contribution >= 4 is 0 Å². The second-order valence-electron chi connectivity index (χ2n) is 7.64. The Labute approximate surface area is 148 Å². The number of aryl methyl sites for hydroxylation is 1. The maximum atomic E-state index is 10.4. The van der Waals surface area contributed by atoms with E-state index in [9.17, 15) is 5.11 Å². The lowest BCUT2D eigenvalue weighted by atomic mass is 9.57. The summed E-state index contributed by atoms with van der Waals surface area (Å²) in [7, 11) is 2.01. The zero-order chi connectivity index (χ0) is 17.8. The van der Waals surface area contributed by atoms with Crippen molar-refractivity contribution in [1.82, 2.24) is 9.78 Å². The van der Waals surface area contributed by atoms with Gasteiger partial charge in [0.2, 0.25) is 5.70 Å². The summed E-state index contributed by atoms with van der Waals surface area (Å²) in [4.78, 5) is 3.62. The number of allylic oxidation sites excluding steroid dienone is 2. The predicted molar refractivity (Wildman–Crippen MR) is 97.8 cm³/mol. The molecule has 1 aromatic carbocycles. The van der Waals surface area contributed by atoms with Crippen LogP contribution in [0.4, 0.5) is 0 Å². The maximum absolute atomic E-state index is 10.4. The van der Waals surface area contributed by atoms with Gasteiger partial charge in [0.25, 0.3) is 0 Å². The summed E-state index contributed by atoms with van der Waals surface area (Å²) < 4.78 is 1.99. The molecule has 4 rings (SSSR count). The molecule has 0 amide bonds. The van der Waals surface area contributed by atoms with Gasteiger partial charge in [-0.05, 0) is 25.2 Å². The summed E-state index contributed by atoms with van der Waals surface area (Å²) >= 11 is 0. The molecule has 4 heteroatoms. The molecule has 0 radical (unpaired) electrons. The summed E-state index contributed by atoms with van der Waals surface area (Å²) in [6.45, 7) is 11.7. The Hall–Kier alpha value is -2.54. The van der Waals surface area contributed by atoms with Gasteiger partial charge in [-0.15, -0.1) is 0 Å². The molecule has 0 saturated heterocycles. The van der Waals surface area contributed by atoms with Gasteiger partial charge in [-0.2, -0.15) is 5.10 Å². The normalized spacial score (nSPS) is 28.2. The Bertz CT molecular complexity index is 903. The molecule has 2 aliphatic carbocycles. The average molecular weight is 333 g/mol. The monoisotopic (exact) mass is 333 g/mol. The number of rotatable bonds is 1. The van der Waals surface area contributed by atoms with Crippen molar-refractivity contribution in [1.29, 1.82) is 0 Å². The highest BCUT2D eigenvalue weighted by Gasteiger charge is 2.50. The lowest BCUT2D eigenvalue weighted by Gasteiger charge is -2.46. The van der Waals surface area contributed by atoms with Crippen LogP contribution in [-0.2, 0) is 18.9 Å². The molecule has 0 bridgehead atoms. The Kier molecular flexibility index (Phi) is 3.50. The molecule has 1 aromatic heterocycles. The molecule has 0 spiro atoms. The summed E-state index contributed by atoms with van der Waals surface area (Å²) in [5, 5.41) is 15.3. The van der Waals surface area contributed by atoms with Crippen molar-refractivity contribution in [2.75, 3.05) is 0 Å². The van der Waals surface area contributed by atoms with E-state index in [1.165, 1.54) is 16.8 Å². The van der Waals surface area contributed by atoms with E-state index in [-0.39, 0.29) is 11.3 Å². The lowest BCUT2D eigenvalue weighted by Crippen LogP contribution is -2.44. The van der Waals surface area contributed by atoms with Crippen LogP contribution in [0.5, 0.6) is 0 Å². The Morgan fingerprint density at radius 3 is 2.72 bits per heavy atom. The van der Waals surface area contributed by atoms with Gasteiger partial charge in [0.15, 0.2) is 0 Å². The number of hydrogen-bond acceptors (Lipinski definition) is 2. The van der Waals surface area contributed by atoms with E-state index >= 15 is 0 Å². The molecule has 1 N–H and O–H groups in total. The van der Waals surface area contributed by atoms with E-state index in [0.29, 0.717) is 23.8 Å². The van der Waals surface area contributed by atoms with Crippen LogP contribution in [0.2, 0.25) is 0 Å². The standard InChI is InChI=1S/C21H23N3O/c1-13-16-11-10-15-18(14-8-6-5-7-9-14)24(4)23-20(15)21(16,2)12-17(22-3)19(13)25/h5-9,13,16,25H,10-12H2,1-2,4H3/t13-,16-,21-/m0/s1. The molecular formula is C21H23N3O. The highest BCUT2D eigenvalue weighted by molar-refractivity contribution is 5.66. The Morgan fingerprint density at radius 1 is 1.32 bits per heavy atom. The molecule has 0 aliphatic heterocycles. The van der Waals surface area contributed by atoms with Crippen molar-refractivity contribution in [3.05, 3.63) is 64.5 Å². The largest absolute Gasteiger partial charge is 0.523 e. The Balaban J connectivity index is 1.90. The molecule has 128 valence electrons. The molecule has 0 unspecified atom stereocenters. The molecule has 2 aromatic rings. The topological polar surface area (TPSA) is 42.4 Å². The third-order valence-electron chi connectivity index (χ3n) is 6.26. The minimum Gasteiger partial charge on any atom is -0.523 e. The van der Waals surface area contributed by atoms with Gasteiger partial charge in [-0.1, -0.05) is 44.2 Å². The van der Waals surface area contributed by atoms with Gasteiger partial charge in [0, 0.05) is 29.5 Å². The number of nitrogens with zero attached hydrogens (tertiary/aromatic N) is 3. The van der Waals surface area contributed by atoms with Gasteiger partial charge >= 0.3 is 0 Å². The fourth-order valence-electron chi connectivity index (χ4n) is 5.02. The van der Waals surface area contributed by atoms with Crippen LogP contribution in [0, 0.1) is 18.4 Å². The van der Waals surface area contributed by atoms with Crippen LogP contribution in [-0.4, -0.2) is 14.9 Å². The molecule has 3 atom stereocenters. The summed E-state index contributed by atoms with van der Waals surface area (Å²) in [6.07, 6.45) is 2.57. The van der Waals surface area contributed by atoms with E-state index in [2.05, 4.69) is 43.0 Å². The van der Waals surface area contributed by atoms with E-state index in [1.807, 2.05) is 17.8 Å². The molecule has 0 fully saturated rings. The van der Waals surface area contributed by atoms with Crippen molar-refractivity contribution in [3.8, 4) is 11.3 Å². The number of aromatic nitrogens is 2. The maximum Gasteiger partial charge on any atom is 0.203 e. The second kappa shape index (κ2) is 5.49. The minimum atomic E-state index is -0.191. The van der Waals surface area contributed by atoms with E-state index < -0.39 is 0 Å². The lowest BCUT2D eigenvalue weighted by molar-refractivity contribution is 0.135. The van der Waals surface area contributed by atoms with Crippen LogP contribution in [0.25, 0.3) is 16.1 Å². The quantitative estimate of drug-likeness (QED) is 0.773. The first-order chi connectivity index (χ1) is 12.0. The third-order valence-corrected chi connectivity index (χ3v) is 6.26. The zero-order valence-corrected chi connectivity index (χ0v) is 15.0. The van der Waals surface area contributed by atoms with E-state index in [0.717, 1.165) is 18.5 Å². The molecule has 1 heterocycles. The Morgan fingerprint density at radius 2 is 2.04 bits per heavy atom. The van der Waals surface area contributed by atoms with Crippen molar-refractivity contribution in [3.63, 3.8) is 0 Å². The zero-order valence-electron chi connectivity index (χ0n) is 15.0. The first-order valence-corrected chi connectivity index (χ1v) is 8.88. The van der Waals surface area contributed by atoms with Gasteiger partial charge in [0.05, 0.1) is 23.7 Å². The minimum absolute atomic E-state index is 0.0122. The fraction of sp³-hybridized carbons (Fsp3) is 0.429. The van der Waals surface area contributed by atoms with Gasteiger partial charge < -0.3 is 5.11 Å². The average Bonchev–Trinajstić information content (AvgIpc) is 2.96. The molecule has 25 heavy (non-hydrogen) atoms. The SMILES string of the molecule is [C-]#[N+]C1=C(O)[C@@H](C)[C@@H]2CCc3c(nn(C)c3-c3ccccc3)[C@@]2(C)C1. The van der Waals surface area contributed by atoms with Crippen LogP contribution in [0.1, 0.15) is 37.9 Å². The van der Waals surface area contributed by atoms with Gasteiger partial charge in [0.1, 0.15) is 0 Å². The fourth-order valence-corrected chi connectivity index (χ4v) is 5.02. The predicted octanol–water partition coefficient (Wildman–Crippen LogP) is 4.64. The molecule has 4 nitrogen and oxygen atoms in total. The highest BCUT2D eigenvalue weighted by atomic mass is 16.3. The van der Waals surface area contributed by atoms with E-state index in [4.69, 9.17) is 11.7 Å². The van der Waals surface area contributed by atoms with Gasteiger partial charge in [-0.3, -0.25) is 4.68 Å². The number of hydrogen-bond donors (Lipinski definition) is 1. The van der Waals surface area contributed by atoms with Crippen LogP contribution < -0.4 is 0 Å². The third kappa shape index (κ3) is 2.15. The number of benzene rings is 1. The van der Waals surface area contributed by atoms with Gasteiger partial charge in [-0.25, -0.2) is 4.85 Å². The number of fused-ring (bicyclic) bond motifs is 3. The second-order valence-corrected chi connectivity index (χ2v) is 7.64. The van der Waals surface area contributed by atoms with Crippen LogP contribution in [0.3, 0.4) is 0 Å². The molecular weight excluding hydrogens is 310 g/mol.